The lowest BCUT2D eigenvalue weighted by Gasteiger charge is -2.47. The summed E-state index contributed by atoms with van der Waals surface area (Å²) in [5.74, 6) is 0.972. The lowest BCUT2D eigenvalue weighted by Crippen LogP contribution is -2.54. The average molecular weight is 526 g/mol. The van der Waals surface area contributed by atoms with Crippen LogP contribution in [0.25, 0.3) is 0 Å². The molecule has 1 fully saturated rings. The number of fused-ring (bicyclic) bond motifs is 4. The third kappa shape index (κ3) is 4.50. The highest BCUT2D eigenvalue weighted by atomic mass is 16.5. The predicted molar refractivity (Wildman–Crippen MR) is 151 cm³/mol. The Labute approximate surface area is 229 Å². The largest absolute Gasteiger partial charge is 0.490 e. The summed E-state index contributed by atoms with van der Waals surface area (Å²) < 4.78 is 11.9. The van der Waals surface area contributed by atoms with Crippen molar-refractivity contribution in [2.45, 2.75) is 32.2 Å². The van der Waals surface area contributed by atoms with Crippen LogP contribution in [0.5, 0.6) is 11.5 Å². The van der Waals surface area contributed by atoms with E-state index >= 15 is 0 Å². The Morgan fingerprint density at radius 2 is 1.49 bits per heavy atom. The van der Waals surface area contributed by atoms with Crippen LogP contribution in [0, 0.1) is 0 Å². The van der Waals surface area contributed by atoms with Gasteiger partial charge in [0.25, 0.3) is 5.91 Å². The molecule has 0 N–H and O–H groups in total. The minimum absolute atomic E-state index is 0.00829. The van der Waals surface area contributed by atoms with Crippen LogP contribution >= 0.6 is 0 Å². The zero-order valence-electron chi connectivity index (χ0n) is 22.6. The quantitative estimate of drug-likeness (QED) is 0.468. The van der Waals surface area contributed by atoms with Crippen LogP contribution in [0.4, 0.5) is 5.69 Å². The Morgan fingerprint density at radius 3 is 2.21 bits per heavy atom. The van der Waals surface area contributed by atoms with Crippen LogP contribution < -0.4 is 14.4 Å². The van der Waals surface area contributed by atoms with Crippen molar-refractivity contribution in [1.29, 1.82) is 0 Å². The zero-order valence-corrected chi connectivity index (χ0v) is 22.6. The van der Waals surface area contributed by atoms with Crippen molar-refractivity contribution in [3.8, 4) is 11.5 Å². The molecule has 3 heterocycles. The molecular weight excluding hydrogens is 490 g/mol. The van der Waals surface area contributed by atoms with Gasteiger partial charge >= 0.3 is 0 Å². The number of hydrogen-bond donors (Lipinski definition) is 0. The minimum atomic E-state index is -0.478. The minimum Gasteiger partial charge on any atom is -0.490 e. The van der Waals surface area contributed by atoms with Gasteiger partial charge in [-0.1, -0.05) is 36.4 Å². The van der Waals surface area contributed by atoms with Crippen LogP contribution in [-0.2, 0) is 11.2 Å². The second-order valence-corrected chi connectivity index (χ2v) is 10.3. The van der Waals surface area contributed by atoms with Gasteiger partial charge in [-0.3, -0.25) is 9.59 Å². The Morgan fingerprint density at radius 1 is 0.821 bits per heavy atom. The van der Waals surface area contributed by atoms with Crippen LogP contribution in [0.15, 0.2) is 66.7 Å². The van der Waals surface area contributed by atoms with Gasteiger partial charge in [-0.2, -0.15) is 0 Å². The Balaban J connectivity index is 1.38. The van der Waals surface area contributed by atoms with Crippen LogP contribution in [-0.4, -0.2) is 67.6 Å². The topological polar surface area (TPSA) is 62.3 Å². The molecule has 0 bridgehead atoms. The molecule has 0 aromatic heterocycles. The number of hydrogen-bond acceptors (Lipinski definition) is 5. The van der Waals surface area contributed by atoms with E-state index in [-0.39, 0.29) is 17.9 Å². The predicted octanol–water partition coefficient (Wildman–Crippen LogP) is 4.67. The van der Waals surface area contributed by atoms with Crippen molar-refractivity contribution >= 4 is 17.5 Å². The highest BCUT2D eigenvalue weighted by Crippen LogP contribution is 2.49. The average Bonchev–Trinajstić information content (AvgIpc) is 2.98. The van der Waals surface area contributed by atoms with Crippen molar-refractivity contribution in [2.75, 3.05) is 50.8 Å². The summed E-state index contributed by atoms with van der Waals surface area (Å²) in [5.41, 5.74) is 4.73. The summed E-state index contributed by atoms with van der Waals surface area (Å²) in [7, 11) is 0. The first-order chi connectivity index (χ1) is 19.1. The van der Waals surface area contributed by atoms with Crippen molar-refractivity contribution in [3.63, 3.8) is 0 Å². The molecule has 0 radical (unpaired) electrons. The normalized spacial score (nSPS) is 20.2. The zero-order chi connectivity index (χ0) is 26.9. The van der Waals surface area contributed by atoms with Crippen LogP contribution in [0.3, 0.4) is 0 Å². The van der Waals surface area contributed by atoms with Gasteiger partial charge in [0.2, 0.25) is 5.91 Å². The fraction of sp³-hybridized carbons (Fsp3) is 0.375. The van der Waals surface area contributed by atoms with Crippen molar-refractivity contribution in [3.05, 3.63) is 89.0 Å². The molecule has 7 heteroatoms. The van der Waals surface area contributed by atoms with E-state index in [1.165, 1.54) is 5.69 Å². The second-order valence-electron chi connectivity index (χ2n) is 10.3. The Kier molecular flexibility index (Phi) is 6.90. The number of anilines is 1. The van der Waals surface area contributed by atoms with Gasteiger partial charge in [-0.25, -0.2) is 0 Å². The number of rotatable bonds is 6. The van der Waals surface area contributed by atoms with Gasteiger partial charge in [0.05, 0.1) is 25.2 Å². The maximum atomic E-state index is 14.4. The van der Waals surface area contributed by atoms with Crippen LogP contribution in [0.1, 0.15) is 52.9 Å². The first kappa shape index (κ1) is 25.3. The fourth-order valence-electron chi connectivity index (χ4n) is 6.36. The van der Waals surface area contributed by atoms with Crippen molar-refractivity contribution in [1.82, 2.24) is 9.80 Å². The number of nitrogens with zero attached hydrogens (tertiary/aromatic N) is 3. The molecule has 3 aliphatic rings. The SMILES string of the molecule is CCOc1cc2c(cc1OCC)[C@H]1[C@H](C(=O)N3CCN(c4ccccc4)CC3)c3ccccc3C(=O)N1CC2. The van der Waals surface area contributed by atoms with Gasteiger partial charge in [0.15, 0.2) is 11.5 Å². The molecule has 2 atom stereocenters. The molecule has 7 nitrogen and oxygen atoms in total. The molecule has 39 heavy (non-hydrogen) atoms. The summed E-state index contributed by atoms with van der Waals surface area (Å²) in [4.78, 5) is 34.4. The maximum absolute atomic E-state index is 14.4. The highest BCUT2D eigenvalue weighted by molar-refractivity contribution is 6.01. The monoisotopic (exact) mass is 525 g/mol. The number of carbonyl (C=O) groups excluding carboxylic acids is 2. The highest BCUT2D eigenvalue weighted by Gasteiger charge is 2.48. The third-order valence-electron chi connectivity index (χ3n) is 8.16. The van der Waals surface area contributed by atoms with Gasteiger partial charge in [0.1, 0.15) is 0 Å². The van der Waals surface area contributed by atoms with E-state index in [2.05, 4.69) is 17.0 Å². The van der Waals surface area contributed by atoms with E-state index in [4.69, 9.17) is 9.47 Å². The number of ether oxygens (including phenoxy) is 2. The van der Waals surface area contributed by atoms with E-state index in [0.717, 1.165) is 29.8 Å². The number of piperazine rings is 1. The van der Waals surface area contributed by atoms with Crippen LogP contribution in [0.2, 0.25) is 0 Å². The molecule has 3 aromatic rings. The molecule has 2 amide bonds. The van der Waals surface area contributed by atoms with Gasteiger partial charge in [-0.05, 0) is 67.3 Å². The van der Waals surface area contributed by atoms with Gasteiger partial charge in [0, 0.05) is 44.0 Å². The van der Waals surface area contributed by atoms with E-state index < -0.39 is 5.92 Å². The molecule has 0 unspecified atom stereocenters. The molecule has 202 valence electrons. The fourth-order valence-corrected chi connectivity index (χ4v) is 6.36. The molecule has 0 saturated carbocycles. The smallest absolute Gasteiger partial charge is 0.254 e. The molecule has 3 aromatic carbocycles. The second kappa shape index (κ2) is 10.6. The number of carbonyl (C=O) groups is 2. The summed E-state index contributed by atoms with van der Waals surface area (Å²) in [5, 5.41) is 0. The van der Waals surface area contributed by atoms with Crippen molar-refractivity contribution < 1.29 is 19.1 Å². The Bertz CT molecular complexity index is 1370. The van der Waals surface area contributed by atoms with Crippen molar-refractivity contribution in [2.24, 2.45) is 0 Å². The van der Waals surface area contributed by atoms with E-state index in [0.29, 0.717) is 56.3 Å². The van der Waals surface area contributed by atoms with E-state index in [1.807, 2.05) is 78.2 Å². The molecule has 0 aliphatic carbocycles. The third-order valence-corrected chi connectivity index (χ3v) is 8.16. The van der Waals surface area contributed by atoms with Gasteiger partial charge in [-0.15, -0.1) is 0 Å². The summed E-state index contributed by atoms with van der Waals surface area (Å²) in [6.07, 6.45) is 0.711. The molecular formula is C32H35N3O4. The van der Waals surface area contributed by atoms with Gasteiger partial charge < -0.3 is 24.2 Å². The number of amides is 2. The van der Waals surface area contributed by atoms with E-state index in [1.54, 1.807) is 0 Å². The molecule has 1 saturated heterocycles. The first-order valence-corrected chi connectivity index (χ1v) is 14.0. The standard InChI is InChI=1S/C32H35N3O4/c1-3-38-27-20-22-14-15-35-30(26(22)21-28(27)39-4-2)29(24-12-8-9-13-25(24)31(35)36)32(37)34-18-16-33(17-19-34)23-10-6-5-7-11-23/h5-13,20-21,29-30H,3-4,14-19H2,1-2H3/t29-,30+/m1/s1. The Hall–Kier alpha value is -4.00. The van der Waals surface area contributed by atoms with E-state index in [9.17, 15) is 9.59 Å². The number of para-hydroxylation sites is 1. The summed E-state index contributed by atoms with van der Waals surface area (Å²) in [6.45, 7) is 8.36. The summed E-state index contributed by atoms with van der Waals surface area (Å²) >= 11 is 0. The summed E-state index contributed by atoms with van der Waals surface area (Å²) in [6, 6.07) is 21.7. The maximum Gasteiger partial charge on any atom is 0.254 e. The number of benzene rings is 3. The lowest BCUT2D eigenvalue weighted by atomic mass is 9.75. The molecule has 0 spiro atoms. The molecule has 6 rings (SSSR count). The first-order valence-electron chi connectivity index (χ1n) is 14.0. The molecule has 3 aliphatic heterocycles. The lowest BCUT2D eigenvalue weighted by molar-refractivity contribution is -0.135.